The zero-order valence-electron chi connectivity index (χ0n) is 18.7. The molecule has 0 atom stereocenters. The Morgan fingerprint density at radius 2 is 1.94 bits per heavy atom. The first-order chi connectivity index (χ1) is 15.6. The monoisotopic (exact) mass is 437 g/mol. The van der Waals surface area contributed by atoms with E-state index >= 15 is 0 Å². The highest BCUT2D eigenvalue weighted by atomic mass is 16.5. The van der Waals surface area contributed by atoms with Crippen LogP contribution in [0.25, 0.3) is 0 Å². The van der Waals surface area contributed by atoms with Crippen LogP contribution in [0.5, 0.6) is 5.75 Å². The number of amides is 2. The van der Waals surface area contributed by atoms with Crippen LogP contribution in [-0.4, -0.2) is 62.5 Å². The van der Waals surface area contributed by atoms with Gasteiger partial charge in [-0.3, -0.25) is 9.59 Å². The summed E-state index contributed by atoms with van der Waals surface area (Å²) in [5.41, 5.74) is 2.72. The molecule has 1 heterocycles. The van der Waals surface area contributed by atoms with Crippen molar-refractivity contribution in [3.8, 4) is 5.75 Å². The molecule has 1 fully saturated rings. The number of nitrogens with zero attached hydrogens (tertiary/aromatic N) is 2. The number of methoxy groups -OCH3 is 1. The Bertz CT molecular complexity index is 943. The number of carbonyl (C=O) groups is 2. The van der Waals surface area contributed by atoms with E-state index in [-0.39, 0.29) is 18.4 Å². The first kappa shape index (κ1) is 23.1. The molecule has 3 N–H and O–H groups in total. The number of aliphatic imine (C=N–C) groups is 1. The zero-order chi connectivity index (χ0) is 22.8. The van der Waals surface area contributed by atoms with Crippen molar-refractivity contribution < 1.29 is 14.3 Å². The van der Waals surface area contributed by atoms with Gasteiger partial charge in [0.25, 0.3) is 5.91 Å². The second kappa shape index (κ2) is 11.7. The molecule has 0 spiro atoms. The fourth-order valence-electron chi connectivity index (χ4n) is 3.48. The van der Waals surface area contributed by atoms with Crippen LogP contribution < -0.4 is 20.7 Å². The van der Waals surface area contributed by atoms with Crippen molar-refractivity contribution in [2.24, 2.45) is 4.99 Å². The molecule has 1 saturated heterocycles. The number of hydrogen-bond acceptors (Lipinski definition) is 4. The lowest BCUT2D eigenvalue weighted by Crippen LogP contribution is -2.49. The number of guanidine groups is 1. The molecule has 1 aliphatic rings. The minimum Gasteiger partial charge on any atom is -0.496 e. The number of hydrogen-bond donors (Lipinski definition) is 3. The molecular formula is C24H31N5O3. The number of para-hydroxylation sites is 1. The highest BCUT2D eigenvalue weighted by Crippen LogP contribution is 2.17. The zero-order valence-corrected chi connectivity index (χ0v) is 18.7. The normalized spacial score (nSPS) is 14.0. The van der Waals surface area contributed by atoms with Crippen molar-refractivity contribution in [2.75, 3.05) is 39.8 Å². The summed E-state index contributed by atoms with van der Waals surface area (Å²) in [6.45, 7) is 5.14. The summed E-state index contributed by atoms with van der Waals surface area (Å²) in [4.78, 5) is 30.3. The van der Waals surface area contributed by atoms with Gasteiger partial charge in [0.2, 0.25) is 5.91 Å². The minimum absolute atomic E-state index is 0.109. The Hall–Kier alpha value is -3.55. The molecule has 0 aliphatic carbocycles. The van der Waals surface area contributed by atoms with Crippen molar-refractivity contribution in [1.29, 1.82) is 0 Å². The molecule has 0 radical (unpaired) electrons. The van der Waals surface area contributed by atoms with Crippen molar-refractivity contribution in [1.82, 2.24) is 20.9 Å². The first-order valence-corrected chi connectivity index (χ1v) is 10.9. The predicted octanol–water partition coefficient (Wildman–Crippen LogP) is 1.57. The largest absolute Gasteiger partial charge is 0.496 e. The molecular weight excluding hydrogens is 406 g/mol. The van der Waals surface area contributed by atoms with Crippen molar-refractivity contribution in [3.63, 3.8) is 0 Å². The Morgan fingerprint density at radius 1 is 1.16 bits per heavy atom. The summed E-state index contributed by atoms with van der Waals surface area (Å²) < 4.78 is 5.41. The standard InChI is InChI=1S/C24H31N5O3/c1-3-25-24(27-13-12-19-6-4-5-7-21(19)32-2)28-16-18-8-10-20(11-9-18)23(31)29-15-14-26-22(30)17-29/h4-11H,3,12-17H2,1-2H3,(H,26,30)(H2,25,27,28). The Balaban J connectivity index is 1.55. The summed E-state index contributed by atoms with van der Waals surface area (Å²) in [5, 5.41) is 9.33. The van der Waals surface area contributed by atoms with E-state index in [1.54, 1.807) is 24.1 Å². The van der Waals surface area contributed by atoms with Gasteiger partial charge < -0.3 is 25.6 Å². The molecule has 0 saturated carbocycles. The first-order valence-electron chi connectivity index (χ1n) is 10.9. The van der Waals surface area contributed by atoms with Gasteiger partial charge in [-0.1, -0.05) is 30.3 Å². The summed E-state index contributed by atoms with van der Waals surface area (Å²) in [6.07, 6.45) is 0.819. The maximum atomic E-state index is 12.6. The molecule has 1 aliphatic heterocycles. The van der Waals surface area contributed by atoms with Gasteiger partial charge in [0.1, 0.15) is 5.75 Å². The van der Waals surface area contributed by atoms with Crippen LogP contribution in [0.2, 0.25) is 0 Å². The second-order valence-electron chi connectivity index (χ2n) is 7.46. The van der Waals surface area contributed by atoms with Gasteiger partial charge in [-0.15, -0.1) is 0 Å². The fourth-order valence-corrected chi connectivity index (χ4v) is 3.48. The Kier molecular flexibility index (Phi) is 8.48. The number of ether oxygens (including phenoxy) is 1. The van der Waals surface area contributed by atoms with Crippen LogP contribution in [0.1, 0.15) is 28.4 Å². The van der Waals surface area contributed by atoms with Crippen LogP contribution in [-0.2, 0) is 17.8 Å². The van der Waals surface area contributed by atoms with E-state index in [4.69, 9.17) is 4.74 Å². The third kappa shape index (κ3) is 6.47. The summed E-state index contributed by atoms with van der Waals surface area (Å²) >= 11 is 0. The van der Waals surface area contributed by atoms with E-state index in [1.807, 2.05) is 37.3 Å². The molecule has 8 nitrogen and oxygen atoms in total. The van der Waals surface area contributed by atoms with Gasteiger partial charge in [-0.2, -0.15) is 0 Å². The number of benzene rings is 2. The van der Waals surface area contributed by atoms with Crippen LogP contribution in [0, 0.1) is 0 Å². The lowest BCUT2D eigenvalue weighted by molar-refractivity contribution is -0.123. The molecule has 2 aromatic rings. The van der Waals surface area contributed by atoms with Gasteiger partial charge in [0.15, 0.2) is 5.96 Å². The fraction of sp³-hybridized carbons (Fsp3) is 0.375. The molecule has 0 aromatic heterocycles. The van der Waals surface area contributed by atoms with Gasteiger partial charge in [-0.05, 0) is 42.7 Å². The van der Waals surface area contributed by atoms with Gasteiger partial charge >= 0.3 is 0 Å². The van der Waals surface area contributed by atoms with Crippen molar-refractivity contribution >= 4 is 17.8 Å². The second-order valence-corrected chi connectivity index (χ2v) is 7.46. The SMILES string of the molecule is CCNC(=NCc1ccc(C(=O)N2CCNC(=O)C2)cc1)NCCc1ccccc1OC. The topological polar surface area (TPSA) is 95.1 Å². The van der Waals surface area contributed by atoms with Crippen molar-refractivity contribution in [2.45, 2.75) is 19.9 Å². The summed E-state index contributed by atoms with van der Waals surface area (Å²) in [6, 6.07) is 15.4. The van der Waals surface area contributed by atoms with Crippen LogP contribution >= 0.6 is 0 Å². The highest BCUT2D eigenvalue weighted by molar-refractivity contribution is 5.97. The third-order valence-electron chi connectivity index (χ3n) is 5.17. The Morgan fingerprint density at radius 3 is 2.66 bits per heavy atom. The lowest BCUT2D eigenvalue weighted by atomic mass is 10.1. The van der Waals surface area contributed by atoms with Crippen LogP contribution in [0.15, 0.2) is 53.5 Å². The number of piperazine rings is 1. The molecule has 170 valence electrons. The summed E-state index contributed by atoms with van der Waals surface area (Å²) in [7, 11) is 1.68. The quantitative estimate of drug-likeness (QED) is 0.430. The number of rotatable bonds is 8. The number of nitrogens with one attached hydrogen (secondary N) is 3. The highest BCUT2D eigenvalue weighted by Gasteiger charge is 2.22. The Labute approximate surface area is 189 Å². The summed E-state index contributed by atoms with van der Waals surface area (Å²) in [5.74, 6) is 1.38. The third-order valence-corrected chi connectivity index (χ3v) is 5.17. The molecule has 8 heteroatoms. The van der Waals surface area contributed by atoms with Gasteiger partial charge in [0.05, 0.1) is 20.2 Å². The molecule has 32 heavy (non-hydrogen) atoms. The predicted molar refractivity (Wildman–Crippen MR) is 125 cm³/mol. The van der Waals surface area contributed by atoms with Crippen LogP contribution in [0.4, 0.5) is 0 Å². The van der Waals surface area contributed by atoms with Gasteiger partial charge in [-0.25, -0.2) is 4.99 Å². The maximum Gasteiger partial charge on any atom is 0.254 e. The van der Waals surface area contributed by atoms with E-state index in [9.17, 15) is 9.59 Å². The van der Waals surface area contributed by atoms with Crippen molar-refractivity contribution in [3.05, 3.63) is 65.2 Å². The number of carbonyl (C=O) groups excluding carboxylic acids is 2. The molecule has 2 aromatic carbocycles. The maximum absolute atomic E-state index is 12.6. The molecule has 0 bridgehead atoms. The molecule has 3 rings (SSSR count). The van der Waals surface area contributed by atoms with Gasteiger partial charge in [0, 0.05) is 31.7 Å². The lowest BCUT2D eigenvalue weighted by Gasteiger charge is -2.26. The average Bonchev–Trinajstić information content (AvgIpc) is 2.82. The van der Waals surface area contributed by atoms with E-state index in [0.29, 0.717) is 25.2 Å². The van der Waals surface area contributed by atoms with E-state index < -0.39 is 0 Å². The molecule has 2 amide bonds. The van der Waals surface area contributed by atoms with Crippen LogP contribution in [0.3, 0.4) is 0 Å². The smallest absolute Gasteiger partial charge is 0.254 e. The average molecular weight is 438 g/mol. The minimum atomic E-state index is -0.124. The van der Waals surface area contributed by atoms with E-state index in [0.717, 1.165) is 42.3 Å². The van der Waals surface area contributed by atoms with E-state index in [2.05, 4.69) is 27.0 Å². The molecule has 0 unspecified atom stereocenters. The van der Waals surface area contributed by atoms with E-state index in [1.165, 1.54) is 0 Å².